The predicted molar refractivity (Wildman–Crippen MR) is 55.4 cm³/mol. The van der Waals surface area contributed by atoms with Gasteiger partial charge in [0.05, 0.1) is 17.7 Å². The quantitative estimate of drug-likeness (QED) is 0.467. The van der Waals surface area contributed by atoms with Crippen molar-refractivity contribution in [2.24, 2.45) is 0 Å². The molecule has 6 heteroatoms. The normalized spacial score (nSPS) is 9.80. The number of hydrogen-bond acceptors (Lipinski definition) is 4. The molecule has 0 atom stereocenters. The summed E-state index contributed by atoms with van der Waals surface area (Å²) in [6, 6.07) is 1.25. The van der Waals surface area contributed by atoms with Crippen molar-refractivity contribution in [3.05, 3.63) is 28.5 Å². The number of carbonyl (C=O) groups excluding carboxylic acids is 2. The van der Waals surface area contributed by atoms with Gasteiger partial charge in [-0.1, -0.05) is 11.6 Å². The fourth-order valence-electron chi connectivity index (χ4n) is 0.964. The molecule has 0 fully saturated rings. The molecular weight excluding hydrogens is 241 g/mol. The van der Waals surface area contributed by atoms with Crippen molar-refractivity contribution in [1.82, 2.24) is 4.98 Å². The third-order valence-corrected chi connectivity index (χ3v) is 1.99. The summed E-state index contributed by atoms with van der Waals surface area (Å²) in [5.41, 5.74) is 0.0105. The minimum atomic E-state index is -0.776. The van der Waals surface area contributed by atoms with Gasteiger partial charge in [0.2, 0.25) is 0 Å². The lowest BCUT2D eigenvalue weighted by Crippen LogP contribution is -2.10. The molecule has 0 aliphatic rings. The lowest BCUT2D eigenvalue weighted by atomic mass is 10.1. The zero-order valence-electron chi connectivity index (χ0n) is 7.79. The molecule has 4 nitrogen and oxygen atoms in total. The van der Waals surface area contributed by atoms with Gasteiger partial charge in [0.25, 0.3) is 5.24 Å². The second-order valence-corrected chi connectivity index (χ2v) is 3.28. The molecule has 0 saturated heterocycles. The monoisotopic (exact) mass is 247 g/mol. The van der Waals surface area contributed by atoms with Gasteiger partial charge in [0.15, 0.2) is 0 Å². The van der Waals surface area contributed by atoms with Crippen LogP contribution in [0.5, 0.6) is 0 Å². The van der Waals surface area contributed by atoms with Crippen LogP contribution in [-0.2, 0) is 4.74 Å². The van der Waals surface area contributed by atoms with Crippen LogP contribution in [0.3, 0.4) is 0 Å². The number of hydrogen-bond donors (Lipinski definition) is 0. The lowest BCUT2D eigenvalue weighted by molar-refractivity contribution is 0.0523. The molecule has 1 aromatic heterocycles. The predicted octanol–water partition coefficient (Wildman–Crippen LogP) is 2.29. The molecule has 0 radical (unpaired) electrons. The van der Waals surface area contributed by atoms with E-state index in [0.29, 0.717) is 0 Å². The van der Waals surface area contributed by atoms with Gasteiger partial charge in [0.1, 0.15) is 5.15 Å². The molecule has 0 aliphatic carbocycles. The highest BCUT2D eigenvalue weighted by Gasteiger charge is 2.17. The third kappa shape index (κ3) is 2.91. The molecule has 0 N–H and O–H groups in total. The molecular formula is C9H7Cl2NO3. The first kappa shape index (κ1) is 11.9. The fraction of sp³-hybridized carbons (Fsp3) is 0.222. The van der Waals surface area contributed by atoms with E-state index in [4.69, 9.17) is 27.9 Å². The summed E-state index contributed by atoms with van der Waals surface area (Å²) in [6.45, 7) is 1.86. The van der Waals surface area contributed by atoms with Crippen molar-refractivity contribution in [2.45, 2.75) is 6.92 Å². The highest BCUT2D eigenvalue weighted by Crippen LogP contribution is 2.16. The molecule has 0 amide bonds. The van der Waals surface area contributed by atoms with Crippen molar-refractivity contribution in [3.8, 4) is 0 Å². The molecule has 0 unspecified atom stereocenters. The van der Waals surface area contributed by atoms with Gasteiger partial charge in [-0.3, -0.25) is 4.79 Å². The van der Waals surface area contributed by atoms with Gasteiger partial charge in [0, 0.05) is 6.20 Å². The molecule has 0 spiro atoms. The summed E-state index contributed by atoms with van der Waals surface area (Å²) >= 11 is 10.9. The van der Waals surface area contributed by atoms with Crippen LogP contribution in [0, 0.1) is 0 Å². The summed E-state index contributed by atoms with van der Waals surface area (Å²) in [5, 5.41) is -0.679. The summed E-state index contributed by atoms with van der Waals surface area (Å²) in [5.74, 6) is -0.647. The van der Waals surface area contributed by atoms with Gasteiger partial charge in [-0.05, 0) is 24.6 Å². The van der Waals surface area contributed by atoms with Crippen LogP contribution in [0.1, 0.15) is 27.6 Å². The number of nitrogens with zero attached hydrogens (tertiary/aromatic N) is 1. The van der Waals surface area contributed by atoms with E-state index in [1.165, 1.54) is 6.07 Å². The fourth-order valence-corrected chi connectivity index (χ4v) is 1.27. The number of pyridine rings is 1. The van der Waals surface area contributed by atoms with Crippen molar-refractivity contribution < 1.29 is 14.3 Å². The van der Waals surface area contributed by atoms with Crippen LogP contribution < -0.4 is 0 Å². The average molecular weight is 248 g/mol. The number of halogens is 2. The number of aromatic nitrogens is 1. The second kappa shape index (κ2) is 5.09. The molecule has 15 heavy (non-hydrogen) atoms. The number of ether oxygens (including phenoxy) is 1. The van der Waals surface area contributed by atoms with Crippen molar-refractivity contribution in [2.75, 3.05) is 6.61 Å². The first-order valence-corrected chi connectivity index (χ1v) is 4.84. The second-order valence-electron chi connectivity index (χ2n) is 2.55. The number of esters is 1. The number of rotatable bonds is 3. The van der Waals surface area contributed by atoms with E-state index < -0.39 is 11.2 Å². The Labute approximate surface area is 96.2 Å². The Kier molecular flexibility index (Phi) is 4.05. The maximum atomic E-state index is 11.4. The van der Waals surface area contributed by atoms with Gasteiger partial charge in [-0.25, -0.2) is 9.78 Å². The lowest BCUT2D eigenvalue weighted by Gasteiger charge is -2.05. The Bertz CT molecular complexity index is 406. The van der Waals surface area contributed by atoms with E-state index in [-0.39, 0.29) is 22.9 Å². The molecule has 80 valence electrons. The smallest absolute Gasteiger partial charge is 0.339 e. The molecule has 0 bridgehead atoms. The van der Waals surface area contributed by atoms with Crippen molar-refractivity contribution in [1.29, 1.82) is 0 Å². The van der Waals surface area contributed by atoms with Crippen LogP contribution >= 0.6 is 23.2 Å². The van der Waals surface area contributed by atoms with Crippen LogP contribution in [-0.4, -0.2) is 22.8 Å². The summed E-state index contributed by atoms with van der Waals surface area (Å²) in [7, 11) is 0. The minimum Gasteiger partial charge on any atom is -0.462 e. The Morgan fingerprint density at radius 1 is 1.47 bits per heavy atom. The van der Waals surface area contributed by atoms with Crippen LogP contribution in [0.15, 0.2) is 12.3 Å². The molecule has 0 aliphatic heterocycles. The summed E-state index contributed by atoms with van der Waals surface area (Å²) < 4.78 is 4.74. The average Bonchev–Trinajstić information content (AvgIpc) is 2.17. The largest absolute Gasteiger partial charge is 0.462 e. The van der Waals surface area contributed by atoms with E-state index in [0.717, 1.165) is 6.20 Å². The van der Waals surface area contributed by atoms with E-state index >= 15 is 0 Å². The third-order valence-electron chi connectivity index (χ3n) is 1.58. The SMILES string of the molecule is CCOC(=O)c1cc(Cl)ncc1C(=O)Cl. The zero-order valence-corrected chi connectivity index (χ0v) is 9.30. The zero-order chi connectivity index (χ0) is 11.4. The van der Waals surface area contributed by atoms with Crippen LogP contribution in [0.25, 0.3) is 0 Å². The summed E-state index contributed by atoms with van der Waals surface area (Å²) in [4.78, 5) is 26.0. The molecule has 1 rings (SSSR count). The summed E-state index contributed by atoms with van der Waals surface area (Å²) in [6.07, 6.45) is 1.14. The van der Waals surface area contributed by atoms with Crippen molar-refractivity contribution in [3.63, 3.8) is 0 Å². The topological polar surface area (TPSA) is 56.3 Å². The van der Waals surface area contributed by atoms with Gasteiger partial charge in [-0.15, -0.1) is 0 Å². The molecule has 1 heterocycles. The van der Waals surface area contributed by atoms with Gasteiger partial charge in [-0.2, -0.15) is 0 Å². The first-order chi connectivity index (χ1) is 7.06. The Hall–Kier alpha value is -1.13. The molecule has 0 aromatic carbocycles. The highest BCUT2D eigenvalue weighted by atomic mass is 35.5. The maximum absolute atomic E-state index is 11.4. The van der Waals surface area contributed by atoms with Gasteiger partial charge >= 0.3 is 5.97 Å². The maximum Gasteiger partial charge on any atom is 0.339 e. The molecule has 0 saturated carbocycles. The van der Waals surface area contributed by atoms with E-state index in [9.17, 15) is 9.59 Å². The number of carbonyl (C=O) groups is 2. The van der Waals surface area contributed by atoms with E-state index in [1.54, 1.807) is 6.92 Å². The van der Waals surface area contributed by atoms with E-state index in [1.807, 2.05) is 0 Å². The van der Waals surface area contributed by atoms with E-state index in [2.05, 4.69) is 4.98 Å². The standard InChI is InChI=1S/C9H7Cl2NO3/c1-2-15-9(14)5-3-7(10)12-4-6(5)8(11)13/h3-4H,2H2,1H3. The first-order valence-electron chi connectivity index (χ1n) is 4.08. The van der Waals surface area contributed by atoms with Crippen LogP contribution in [0.2, 0.25) is 5.15 Å². The Morgan fingerprint density at radius 2 is 2.13 bits per heavy atom. The van der Waals surface area contributed by atoms with Crippen molar-refractivity contribution >= 4 is 34.4 Å². The molecule has 1 aromatic rings. The highest BCUT2D eigenvalue weighted by molar-refractivity contribution is 6.68. The Morgan fingerprint density at radius 3 is 2.67 bits per heavy atom. The minimum absolute atomic E-state index is 0.0143. The van der Waals surface area contributed by atoms with Crippen LogP contribution in [0.4, 0.5) is 0 Å². The van der Waals surface area contributed by atoms with Gasteiger partial charge < -0.3 is 4.74 Å². The Balaban J connectivity index is 3.18.